The van der Waals surface area contributed by atoms with Crippen molar-refractivity contribution in [1.82, 2.24) is 10.3 Å². The molecule has 1 aliphatic carbocycles. The molecule has 0 spiro atoms. The van der Waals surface area contributed by atoms with Gasteiger partial charge in [-0.3, -0.25) is 0 Å². The zero-order valence-corrected chi connectivity index (χ0v) is 11.2. The summed E-state index contributed by atoms with van der Waals surface area (Å²) < 4.78 is 5.23. The number of rotatable bonds is 2. The Kier molecular flexibility index (Phi) is 3.27. The van der Waals surface area contributed by atoms with Crippen LogP contribution in [0.25, 0.3) is 5.57 Å². The van der Waals surface area contributed by atoms with Crippen molar-refractivity contribution in [1.29, 1.82) is 0 Å². The molecule has 4 heteroatoms. The molecule has 0 amide bonds. The smallest absolute Gasteiger partial charge is 0.171 e. The van der Waals surface area contributed by atoms with Crippen molar-refractivity contribution in [3.05, 3.63) is 29.1 Å². The van der Waals surface area contributed by atoms with E-state index in [4.69, 9.17) is 16.3 Å². The van der Waals surface area contributed by atoms with E-state index in [0.717, 1.165) is 31.0 Å². The highest BCUT2D eigenvalue weighted by atomic mass is 35.5. The second-order valence-electron chi connectivity index (χ2n) is 5.03. The number of allylic oxidation sites excluding steroid dienone is 1. The predicted octanol–water partition coefficient (Wildman–Crippen LogP) is 2.76. The second kappa shape index (κ2) is 4.90. The average molecular weight is 265 g/mol. The fourth-order valence-corrected chi connectivity index (χ4v) is 3.11. The Morgan fingerprint density at radius 3 is 3.17 bits per heavy atom. The van der Waals surface area contributed by atoms with E-state index >= 15 is 0 Å². The normalized spacial score (nSPS) is 26.7. The number of methoxy groups -OCH3 is 1. The van der Waals surface area contributed by atoms with Gasteiger partial charge in [0.15, 0.2) is 10.9 Å². The maximum absolute atomic E-state index is 5.96. The summed E-state index contributed by atoms with van der Waals surface area (Å²) in [6, 6.07) is 1.99. The van der Waals surface area contributed by atoms with E-state index < -0.39 is 0 Å². The molecule has 0 bridgehead atoms. The minimum Gasteiger partial charge on any atom is -0.494 e. The fraction of sp³-hybridized carbons (Fsp3) is 0.500. The molecule has 18 heavy (non-hydrogen) atoms. The Bertz CT molecular complexity index is 487. The van der Waals surface area contributed by atoms with Gasteiger partial charge in [0.25, 0.3) is 0 Å². The lowest BCUT2D eigenvalue weighted by atomic mass is 9.81. The molecule has 3 nitrogen and oxygen atoms in total. The third-order valence-electron chi connectivity index (χ3n) is 3.99. The van der Waals surface area contributed by atoms with Crippen LogP contribution in [-0.4, -0.2) is 25.2 Å². The van der Waals surface area contributed by atoms with E-state index in [0.29, 0.717) is 16.8 Å². The van der Waals surface area contributed by atoms with Crippen LogP contribution in [0.1, 0.15) is 18.4 Å². The first-order chi connectivity index (χ1) is 8.78. The molecule has 2 aliphatic rings. The molecule has 3 rings (SSSR count). The molecule has 1 aliphatic heterocycles. The molecule has 0 saturated carbocycles. The number of fused-ring (bicyclic) bond motifs is 1. The minimum absolute atomic E-state index is 0.429. The number of hydrogen-bond donors (Lipinski definition) is 1. The molecule has 0 aromatic carbocycles. The van der Waals surface area contributed by atoms with Gasteiger partial charge in [-0.25, -0.2) is 4.98 Å². The second-order valence-corrected chi connectivity index (χ2v) is 5.39. The molecular formula is C14H17ClN2O. The molecule has 2 heterocycles. The van der Waals surface area contributed by atoms with Gasteiger partial charge in [-0.15, -0.1) is 0 Å². The van der Waals surface area contributed by atoms with Crippen molar-refractivity contribution in [3.8, 4) is 5.75 Å². The SMILES string of the molecule is COc1cc(C2=C[C@H]3CNC[C@H]3CC2)cnc1Cl. The summed E-state index contributed by atoms with van der Waals surface area (Å²) >= 11 is 5.96. The van der Waals surface area contributed by atoms with Gasteiger partial charge in [-0.1, -0.05) is 17.7 Å². The predicted molar refractivity (Wildman–Crippen MR) is 72.9 cm³/mol. The van der Waals surface area contributed by atoms with Gasteiger partial charge >= 0.3 is 0 Å². The number of aromatic nitrogens is 1. The molecule has 2 atom stereocenters. The molecule has 1 aromatic rings. The highest BCUT2D eigenvalue weighted by Gasteiger charge is 2.29. The Balaban J connectivity index is 1.90. The summed E-state index contributed by atoms with van der Waals surface area (Å²) in [5.74, 6) is 2.15. The Hall–Kier alpha value is -1.06. The highest BCUT2D eigenvalue weighted by Crippen LogP contribution is 2.37. The first-order valence-corrected chi connectivity index (χ1v) is 6.77. The zero-order valence-electron chi connectivity index (χ0n) is 10.4. The summed E-state index contributed by atoms with van der Waals surface area (Å²) in [6.07, 6.45) is 6.63. The minimum atomic E-state index is 0.429. The molecule has 96 valence electrons. The molecule has 1 aromatic heterocycles. The van der Waals surface area contributed by atoms with E-state index in [1.54, 1.807) is 7.11 Å². The molecule has 1 saturated heterocycles. The van der Waals surface area contributed by atoms with Crippen molar-refractivity contribution in [2.45, 2.75) is 12.8 Å². The summed E-state index contributed by atoms with van der Waals surface area (Å²) in [5, 5.41) is 3.89. The van der Waals surface area contributed by atoms with Crippen LogP contribution < -0.4 is 10.1 Å². The first kappa shape index (κ1) is 12.0. The number of hydrogen-bond acceptors (Lipinski definition) is 3. The fourth-order valence-electron chi connectivity index (χ4n) is 2.93. The van der Waals surface area contributed by atoms with E-state index in [9.17, 15) is 0 Å². The monoisotopic (exact) mass is 264 g/mol. The van der Waals surface area contributed by atoms with Gasteiger partial charge in [0, 0.05) is 12.7 Å². The lowest BCUT2D eigenvalue weighted by Crippen LogP contribution is -2.15. The summed E-state index contributed by atoms with van der Waals surface area (Å²) in [7, 11) is 1.62. The largest absolute Gasteiger partial charge is 0.494 e. The average Bonchev–Trinajstić information content (AvgIpc) is 2.86. The van der Waals surface area contributed by atoms with E-state index in [1.165, 1.54) is 12.0 Å². The Morgan fingerprint density at radius 1 is 1.44 bits per heavy atom. The van der Waals surface area contributed by atoms with Crippen molar-refractivity contribution in [2.75, 3.05) is 20.2 Å². The quantitative estimate of drug-likeness (QED) is 0.834. The van der Waals surface area contributed by atoms with Crippen molar-refractivity contribution < 1.29 is 4.74 Å². The van der Waals surface area contributed by atoms with Crippen molar-refractivity contribution in [3.63, 3.8) is 0 Å². The summed E-state index contributed by atoms with van der Waals surface area (Å²) in [4.78, 5) is 4.19. The van der Waals surface area contributed by atoms with Crippen LogP contribution in [0.5, 0.6) is 5.75 Å². The maximum atomic E-state index is 5.96. The number of pyridine rings is 1. The van der Waals surface area contributed by atoms with Crippen molar-refractivity contribution >= 4 is 17.2 Å². The summed E-state index contributed by atoms with van der Waals surface area (Å²) in [5.41, 5.74) is 2.52. The van der Waals surface area contributed by atoms with Crippen LogP contribution in [-0.2, 0) is 0 Å². The third-order valence-corrected chi connectivity index (χ3v) is 4.27. The van der Waals surface area contributed by atoms with Gasteiger partial charge in [-0.05, 0) is 48.4 Å². The van der Waals surface area contributed by atoms with Gasteiger partial charge in [-0.2, -0.15) is 0 Å². The van der Waals surface area contributed by atoms with Crippen LogP contribution in [0.15, 0.2) is 18.3 Å². The number of halogens is 1. The third kappa shape index (κ3) is 2.13. The van der Waals surface area contributed by atoms with Crippen LogP contribution in [0.3, 0.4) is 0 Å². The van der Waals surface area contributed by atoms with Crippen LogP contribution in [0.4, 0.5) is 0 Å². The van der Waals surface area contributed by atoms with Crippen molar-refractivity contribution in [2.24, 2.45) is 11.8 Å². The van der Waals surface area contributed by atoms with Crippen LogP contribution in [0, 0.1) is 11.8 Å². The standard InChI is InChI=1S/C14H17ClN2O/c1-18-13-5-12(8-17-14(13)15)9-2-3-10-6-16-7-11(10)4-9/h4-5,8,10-11,16H,2-3,6-7H2,1H3/t10-,11+/m1/s1. The molecule has 1 N–H and O–H groups in total. The van der Waals surface area contributed by atoms with Gasteiger partial charge in [0.2, 0.25) is 0 Å². The summed E-state index contributed by atoms with van der Waals surface area (Å²) in [6.45, 7) is 2.27. The van der Waals surface area contributed by atoms with Gasteiger partial charge in [0.05, 0.1) is 7.11 Å². The zero-order chi connectivity index (χ0) is 12.5. The van der Waals surface area contributed by atoms with E-state index in [2.05, 4.69) is 16.4 Å². The molecule has 0 radical (unpaired) electrons. The first-order valence-electron chi connectivity index (χ1n) is 6.39. The highest BCUT2D eigenvalue weighted by molar-refractivity contribution is 6.30. The number of nitrogens with zero attached hydrogens (tertiary/aromatic N) is 1. The van der Waals surface area contributed by atoms with Crippen LogP contribution in [0.2, 0.25) is 5.15 Å². The maximum Gasteiger partial charge on any atom is 0.171 e. The Morgan fingerprint density at radius 2 is 2.33 bits per heavy atom. The number of nitrogens with one attached hydrogen (secondary N) is 1. The number of ether oxygens (including phenoxy) is 1. The van der Waals surface area contributed by atoms with E-state index in [-0.39, 0.29) is 0 Å². The van der Waals surface area contributed by atoms with Gasteiger partial charge < -0.3 is 10.1 Å². The van der Waals surface area contributed by atoms with Gasteiger partial charge in [0.1, 0.15) is 0 Å². The van der Waals surface area contributed by atoms with E-state index in [1.807, 2.05) is 12.3 Å². The molecule has 1 fully saturated rings. The molecular weight excluding hydrogens is 248 g/mol. The lowest BCUT2D eigenvalue weighted by molar-refractivity contribution is 0.412. The topological polar surface area (TPSA) is 34.1 Å². The molecule has 0 unspecified atom stereocenters. The Labute approximate surface area is 112 Å². The van der Waals surface area contributed by atoms with Crippen LogP contribution >= 0.6 is 11.6 Å². The lowest BCUT2D eigenvalue weighted by Gasteiger charge is -2.23.